The highest BCUT2D eigenvalue weighted by molar-refractivity contribution is 6.36. The molecular weight excluding hydrogens is 380 g/mol. The van der Waals surface area contributed by atoms with E-state index in [1.807, 2.05) is 36.4 Å². The standard InChI is InChI=1S/C24H20N2O4/c27-22(25-14-17-7-4-12-30-17)16-10-11-19-20(13-16)24(29)26(23(19)28)21-9-3-6-15-5-1-2-8-18(15)21/h1-3,5-6,8-11,13,17H,4,7,12,14H2,(H,25,27)/t17-/m1/s1. The Morgan fingerprint density at radius 3 is 2.63 bits per heavy atom. The maximum Gasteiger partial charge on any atom is 0.266 e. The average Bonchev–Trinajstić information content (AvgIpc) is 3.38. The number of rotatable bonds is 4. The van der Waals surface area contributed by atoms with E-state index in [4.69, 9.17) is 4.74 Å². The lowest BCUT2D eigenvalue weighted by Gasteiger charge is -2.16. The number of nitrogens with one attached hydrogen (secondary N) is 1. The molecule has 5 rings (SSSR count). The molecule has 30 heavy (non-hydrogen) atoms. The van der Waals surface area contributed by atoms with Crippen molar-refractivity contribution in [2.45, 2.75) is 18.9 Å². The van der Waals surface area contributed by atoms with Crippen LogP contribution in [-0.2, 0) is 4.74 Å². The van der Waals surface area contributed by atoms with Crippen molar-refractivity contribution in [3.05, 3.63) is 77.4 Å². The number of benzene rings is 3. The number of anilines is 1. The molecule has 1 saturated heterocycles. The fraction of sp³-hybridized carbons (Fsp3) is 0.208. The topological polar surface area (TPSA) is 75.7 Å². The predicted molar refractivity (Wildman–Crippen MR) is 113 cm³/mol. The molecule has 0 spiro atoms. The molecule has 3 aromatic rings. The minimum Gasteiger partial charge on any atom is -0.376 e. The van der Waals surface area contributed by atoms with E-state index < -0.39 is 5.91 Å². The summed E-state index contributed by atoms with van der Waals surface area (Å²) in [7, 11) is 0. The molecule has 6 nitrogen and oxygen atoms in total. The molecule has 0 radical (unpaired) electrons. The van der Waals surface area contributed by atoms with E-state index in [-0.39, 0.29) is 23.5 Å². The molecule has 2 aliphatic rings. The maximum atomic E-state index is 13.1. The lowest BCUT2D eigenvalue weighted by Crippen LogP contribution is -2.31. The van der Waals surface area contributed by atoms with Gasteiger partial charge in [-0.05, 0) is 42.5 Å². The van der Waals surface area contributed by atoms with Gasteiger partial charge in [-0.1, -0.05) is 36.4 Å². The van der Waals surface area contributed by atoms with Gasteiger partial charge in [0.05, 0.1) is 22.9 Å². The summed E-state index contributed by atoms with van der Waals surface area (Å²) in [5, 5.41) is 4.62. The fourth-order valence-corrected chi connectivity index (χ4v) is 4.12. The zero-order chi connectivity index (χ0) is 20.7. The average molecular weight is 400 g/mol. The second-order valence-corrected chi connectivity index (χ2v) is 7.55. The third kappa shape index (κ3) is 3.06. The summed E-state index contributed by atoms with van der Waals surface area (Å²) in [4.78, 5) is 39.9. The van der Waals surface area contributed by atoms with Crippen molar-refractivity contribution in [3.8, 4) is 0 Å². The van der Waals surface area contributed by atoms with Crippen LogP contribution in [0, 0.1) is 0 Å². The van der Waals surface area contributed by atoms with Gasteiger partial charge in [-0.3, -0.25) is 14.4 Å². The van der Waals surface area contributed by atoms with Crippen LogP contribution in [0.2, 0.25) is 0 Å². The first-order valence-corrected chi connectivity index (χ1v) is 10.0. The largest absolute Gasteiger partial charge is 0.376 e. The number of amides is 3. The summed E-state index contributed by atoms with van der Waals surface area (Å²) < 4.78 is 5.52. The fourth-order valence-electron chi connectivity index (χ4n) is 4.12. The highest BCUT2D eigenvalue weighted by Crippen LogP contribution is 2.33. The molecule has 150 valence electrons. The van der Waals surface area contributed by atoms with Crippen molar-refractivity contribution in [3.63, 3.8) is 0 Å². The van der Waals surface area contributed by atoms with Gasteiger partial charge in [-0.15, -0.1) is 0 Å². The van der Waals surface area contributed by atoms with Gasteiger partial charge >= 0.3 is 0 Å². The van der Waals surface area contributed by atoms with Crippen LogP contribution in [0.15, 0.2) is 60.7 Å². The van der Waals surface area contributed by atoms with Crippen LogP contribution in [0.25, 0.3) is 10.8 Å². The van der Waals surface area contributed by atoms with Gasteiger partial charge in [0.15, 0.2) is 0 Å². The Morgan fingerprint density at radius 1 is 1.00 bits per heavy atom. The van der Waals surface area contributed by atoms with Gasteiger partial charge in [-0.2, -0.15) is 0 Å². The number of carbonyl (C=O) groups is 3. The van der Waals surface area contributed by atoms with Gasteiger partial charge in [0.25, 0.3) is 17.7 Å². The van der Waals surface area contributed by atoms with Crippen LogP contribution < -0.4 is 10.2 Å². The number of carbonyl (C=O) groups excluding carboxylic acids is 3. The van der Waals surface area contributed by atoms with E-state index in [2.05, 4.69) is 5.32 Å². The second-order valence-electron chi connectivity index (χ2n) is 7.55. The highest BCUT2D eigenvalue weighted by atomic mass is 16.5. The molecule has 3 amide bonds. The van der Waals surface area contributed by atoms with Crippen LogP contribution in [0.3, 0.4) is 0 Å². The summed E-state index contributed by atoms with van der Waals surface area (Å²) in [5.41, 5.74) is 1.46. The maximum absolute atomic E-state index is 13.1. The van der Waals surface area contributed by atoms with Gasteiger partial charge in [0.1, 0.15) is 0 Å². The number of nitrogens with zero attached hydrogens (tertiary/aromatic N) is 1. The summed E-state index contributed by atoms with van der Waals surface area (Å²) in [5.74, 6) is -1.07. The first-order chi connectivity index (χ1) is 14.6. The van der Waals surface area contributed by atoms with Crippen molar-refractivity contribution in [1.29, 1.82) is 0 Å². The quantitative estimate of drug-likeness (QED) is 0.680. The molecule has 0 bridgehead atoms. The Balaban J connectivity index is 1.44. The van der Waals surface area contributed by atoms with E-state index in [1.54, 1.807) is 18.2 Å². The van der Waals surface area contributed by atoms with Crippen LogP contribution in [-0.4, -0.2) is 37.0 Å². The second kappa shape index (κ2) is 7.39. The smallest absolute Gasteiger partial charge is 0.266 e. The van der Waals surface area contributed by atoms with Crippen molar-refractivity contribution in [2.24, 2.45) is 0 Å². The molecule has 2 aliphatic heterocycles. The summed E-state index contributed by atoms with van der Waals surface area (Å²) >= 11 is 0. The number of imide groups is 1. The van der Waals surface area contributed by atoms with Crippen molar-refractivity contribution in [2.75, 3.05) is 18.1 Å². The molecule has 3 aromatic carbocycles. The third-order valence-corrected chi connectivity index (χ3v) is 5.67. The lowest BCUT2D eigenvalue weighted by molar-refractivity contribution is 0.0857. The van der Waals surface area contributed by atoms with Crippen molar-refractivity contribution in [1.82, 2.24) is 5.32 Å². The van der Waals surface area contributed by atoms with E-state index in [1.165, 1.54) is 11.0 Å². The van der Waals surface area contributed by atoms with Crippen LogP contribution in [0.4, 0.5) is 5.69 Å². The summed E-state index contributed by atoms with van der Waals surface area (Å²) in [6.07, 6.45) is 1.96. The number of ether oxygens (including phenoxy) is 1. The predicted octanol–water partition coefficient (Wildman–Crippen LogP) is 3.55. The number of hydrogen-bond donors (Lipinski definition) is 1. The first kappa shape index (κ1) is 18.5. The Bertz CT molecular complexity index is 1180. The summed E-state index contributed by atoms with van der Waals surface area (Å²) in [6.45, 7) is 1.16. The van der Waals surface area contributed by atoms with E-state index in [0.717, 1.165) is 30.2 Å². The van der Waals surface area contributed by atoms with Gasteiger partial charge in [0.2, 0.25) is 0 Å². The molecule has 0 aromatic heterocycles. The van der Waals surface area contributed by atoms with Crippen LogP contribution in [0.1, 0.15) is 43.9 Å². The molecule has 0 aliphatic carbocycles. The Hall–Kier alpha value is -3.51. The molecular formula is C24H20N2O4. The van der Waals surface area contributed by atoms with Gasteiger partial charge in [-0.25, -0.2) is 4.90 Å². The molecule has 2 heterocycles. The number of hydrogen-bond acceptors (Lipinski definition) is 4. The Morgan fingerprint density at radius 2 is 1.80 bits per heavy atom. The van der Waals surface area contributed by atoms with E-state index in [0.29, 0.717) is 23.4 Å². The molecule has 0 saturated carbocycles. The highest BCUT2D eigenvalue weighted by Gasteiger charge is 2.37. The van der Waals surface area contributed by atoms with E-state index in [9.17, 15) is 14.4 Å². The van der Waals surface area contributed by atoms with Crippen LogP contribution in [0.5, 0.6) is 0 Å². The van der Waals surface area contributed by atoms with Gasteiger partial charge in [0, 0.05) is 24.1 Å². The Labute approximate surface area is 173 Å². The third-order valence-electron chi connectivity index (χ3n) is 5.67. The van der Waals surface area contributed by atoms with Crippen molar-refractivity contribution >= 4 is 34.2 Å². The zero-order valence-corrected chi connectivity index (χ0v) is 16.3. The lowest BCUT2D eigenvalue weighted by atomic mass is 10.1. The molecule has 1 N–H and O–H groups in total. The molecule has 1 atom stereocenters. The van der Waals surface area contributed by atoms with Gasteiger partial charge < -0.3 is 10.1 Å². The van der Waals surface area contributed by atoms with E-state index >= 15 is 0 Å². The zero-order valence-electron chi connectivity index (χ0n) is 16.3. The molecule has 0 unspecified atom stereocenters. The van der Waals surface area contributed by atoms with Crippen LogP contribution >= 0.6 is 0 Å². The number of fused-ring (bicyclic) bond motifs is 2. The molecule has 6 heteroatoms. The molecule has 1 fully saturated rings. The summed E-state index contributed by atoms with van der Waals surface area (Å²) in [6, 6.07) is 17.8. The minimum absolute atomic E-state index is 0.0356. The Kier molecular flexibility index (Phi) is 4.56. The normalized spacial score (nSPS) is 18.1. The SMILES string of the molecule is O=C(NC[C@H]1CCCO1)c1ccc2c(c1)C(=O)N(c1cccc3ccccc13)C2=O. The monoisotopic (exact) mass is 400 g/mol. The first-order valence-electron chi connectivity index (χ1n) is 10.0. The van der Waals surface area contributed by atoms with Crippen molar-refractivity contribution < 1.29 is 19.1 Å². The minimum atomic E-state index is -0.417.